The van der Waals surface area contributed by atoms with Gasteiger partial charge in [0.1, 0.15) is 6.10 Å². The zero-order chi connectivity index (χ0) is 30.6. The number of esters is 1. The van der Waals surface area contributed by atoms with Crippen molar-refractivity contribution in [2.75, 3.05) is 26.3 Å². The number of carbonyl (C=O) groups excluding carboxylic acids is 1. The Morgan fingerprint density at radius 2 is 1.79 bits per heavy atom. The number of morpholine rings is 1. The fourth-order valence-electron chi connectivity index (χ4n) is 4.51. The summed E-state index contributed by atoms with van der Waals surface area (Å²) in [6.45, 7) is -3.00. The molecule has 1 aliphatic carbocycles. The number of hydrogen-bond acceptors (Lipinski definition) is 8. The van der Waals surface area contributed by atoms with Crippen molar-refractivity contribution < 1.29 is 40.9 Å². The summed E-state index contributed by atoms with van der Waals surface area (Å²) in [7, 11) is -3.89. The SMILES string of the molecule is O=C(O[C@@H](Cc1c(Cl)cncc1Cl)c1ccc(OC(F)F)c(OCC2CC2)c1)[C@H]1CN(S(=O)(=O)c2ccccc2)CCO1. The van der Waals surface area contributed by atoms with Crippen LogP contribution in [0.1, 0.15) is 30.1 Å². The fourth-order valence-corrected chi connectivity index (χ4v) is 6.48. The minimum atomic E-state index is -3.89. The average Bonchev–Trinajstić information content (AvgIpc) is 3.83. The van der Waals surface area contributed by atoms with Crippen LogP contribution >= 0.6 is 23.2 Å². The Morgan fingerprint density at radius 1 is 1.07 bits per heavy atom. The Hall–Kier alpha value is -3.03. The number of ether oxygens (including phenoxy) is 4. The number of aromatic nitrogens is 1. The van der Waals surface area contributed by atoms with Gasteiger partial charge in [0.25, 0.3) is 0 Å². The predicted molar refractivity (Wildman–Crippen MR) is 153 cm³/mol. The van der Waals surface area contributed by atoms with Gasteiger partial charge in [-0.3, -0.25) is 4.98 Å². The van der Waals surface area contributed by atoms with Gasteiger partial charge in [0.05, 0.1) is 34.7 Å². The number of halogens is 4. The smallest absolute Gasteiger partial charge is 0.387 e. The summed E-state index contributed by atoms with van der Waals surface area (Å²) in [5.74, 6) is -0.606. The summed E-state index contributed by atoms with van der Waals surface area (Å²) in [6, 6.07) is 12.1. The van der Waals surface area contributed by atoms with Gasteiger partial charge in [0.2, 0.25) is 10.0 Å². The van der Waals surface area contributed by atoms with Crippen molar-refractivity contribution in [1.29, 1.82) is 0 Å². The molecule has 0 bridgehead atoms. The maximum absolute atomic E-state index is 13.5. The number of hydrogen-bond donors (Lipinski definition) is 0. The largest absolute Gasteiger partial charge is 0.489 e. The van der Waals surface area contributed by atoms with E-state index in [0.29, 0.717) is 23.7 Å². The Morgan fingerprint density at radius 3 is 2.47 bits per heavy atom. The molecule has 0 radical (unpaired) electrons. The number of benzene rings is 2. The molecule has 1 saturated heterocycles. The van der Waals surface area contributed by atoms with E-state index in [2.05, 4.69) is 9.72 Å². The van der Waals surface area contributed by atoms with E-state index in [1.165, 1.54) is 47.0 Å². The molecule has 2 aliphatic rings. The van der Waals surface area contributed by atoms with Crippen LogP contribution in [0, 0.1) is 5.92 Å². The van der Waals surface area contributed by atoms with Gasteiger partial charge in [0.15, 0.2) is 17.6 Å². The molecule has 1 aliphatic heterocycles. The van der Waals surface area contributed by atoms with E-state index in [4.69, 9.17) is 37.4 Å². The summed E-state index contributed by atoms with van der Waals surface area (Å²) in [5, 5.41) is 0.455. The van der Waals surface area contributed by atoms with Crippen molar-refractivity contribution in [3.8, 4) is 11.5 Å². The average molecular weight is 658 g/mol. The number of sulfonamides is 1. The molecule has 5 rings (SSSR count). The van der Waals surface area contributed by atoms with Gasteiger partial charge in [-0.1, -0.05) is 47.5 Å². The second kappa shape index (κ2) is 13.7. The molecule has 9 nitrogen and oxygen atoms in total. The molecule has 0 unspecified atom stereocenters. The first kappa shape index (κ1) is 31.4. The summed E-state index contributed by atoms with van der Waals surface area (Å²) in [5.41, 5.74) is 0.816. The summed E-state index contributed by atoms with van der Waals surface area (Å²) in [6.07, 6.45) is 2.44. The van der Waals surface area contributed by atoms with Crippen LogP contribution in [0.2, 0.25) is 10.0 Å². The summed E-state index contributed by atoms with van der Waals surface area (Å²) in [4.78, 5) is 17.5. The van der Waals surface area contributed by atoms with Crippen LogP contribution in [0.15, 0.2) is 65.8 Å². The van der Waals surface area contributed by atoms with Crippen LogP contribution < -0.4 is 9.47 Å². The monoisotopic (exact) mass is 656 g/mol. The van der Waals surface area contributed by atoms with Crippen LogP contribution in [0.25, 0.3) is 0 Å². The zero-order valence-corrected chi connectivity index (χ0v) is 25.0. The number of nitrogens with zero attached hydrogens (tertiary/aromatic N) is 2. The highest BCUT2D eigenvalue weighted by atomic mass is 35.5. The molecule has 2 aromatic carbocycles. The topological polar surface area (TPSA) is 104 Å². The van der Waals surface area contributed by atoms with Gasteiger partial charge in [-0.15, -0.1) is 0 Å². The molecule has 14 heteroatoms. The van der Waals surface area contributed by atoms with Gasteiger partial charge in [-0.05, 0) is 54.2 Å². The van der Waals surface area contributed by atoms with Crippen molar-refractivity contribution in [2.45, 2.75) is 43.0 Å². The van der Waals surface area contributed by atoms with Crippen molar-refractivity contribution >= 4 is 39.2 Å². The molecule has 2 heterocycles. The summed E-state index contributed by atoms with van der Waals surface area (Å²) >= 11 is 12.7. The minimum Gasteiger partial charge on any atom is -0.489 e. The van der Waals surface area contributed by atoms with Gasteiger partial charge in [-0.25, -0.2) is 13.2 Å². The molecule has 2 atom stereocenters. The molecule has 0 amide bonds. The van der Waals surface area contributed by atoms with Gasteiger partial charge < -0.3 is 18.9 Å². The molecular weight excluding hydrogens is 629 g/mol. The first-order valence-corrected chi connectivity index (χ1v) is 15.7. The Labute approximate surface area is 257 Å². The number of alkyl halides is 2. The fraction of sp³-hybridized carbons (Fsp3) is 0.379. The second-order valence-electron chi connectivity index (χ2n) is 10.1. The predicted octanol–water partition coefficient (Wildman–Crippen LogP) is 5.70. The Kier molecular flexibility index (Phi) is 10.0. The van der Waals surface area contributed by atoms with Crippen molar-refractivity contribution in [2.24, 2.45) is 5.92 Å². The van der Waals surface area contributed by atoms with Gasteiger partial charge >= 0.3 is 12.6 Å². The maximum atomic E-state index is 13.5. The molecular formula is C29H28Cl2F2N2O7S. The third-order valence-corrected chi connectivity index (χ3v) is 9.53. The van der Waals surface area contributed by atoms with E-state index in [1.54, 1.807) is 18.2 Å². The van der Waals surface area contributed by atoms with Crippen LogP contribution in [-0.4, -0.2) is 62.7 Å². The van der Waals surface area contributed by atoms with Crippen molar-refractivity contribution in [3.63, 3.8) is 0 Å². The number of pyridine rings is 1. The van der Waals surface area contributed by atoms with Crippen LogP contribution in [0.5, 0.6) is 11.5 Å². The quantitative estimate of drug-likeness (QED) is 0.229. The van der Waals surface area contributed by atoms with E-state index in [-0.39, 0.29) is 52.6 Å². The lowest BCUT2D eigenvalue weighted by Gasteiger charge is -2.32. The summed E-state index contributed by atoms with van der Waals surface area (Å²) < 4.78 is 75.7. The lowest BCUT2D eigenvalue weighted by molar-refractivity contribution is -0.166. The molecule has 1 saturated carbocycles. The molecule has 1 aromatic heterocycles. The van der Waals surface area contributed by atoms with Crippen molar-refractivity contribution in [1.82, 2.24) is 9.29 Å². The lowest BCUT2D eigenvalue weighted by Crippen LogP contribution is -2.49. The van der Waals surface area contributed by atoms with Gasteiger partial charge in [-0.2, -0.15) is 13.1 Å². The second-order valence-corrected chi connectivity index (χ2v) is 12.8. The van der Waals surface area contributed by atoms with E-state index in [0.717, 1.165) is 12.8 Å². The van der Waals surface area contributed by atoms with Crippen LogP contribution in [-0.2, 0) is 30.7 Å². The first-order chi connectivity index (χ1) is 20.6. The normalized spacial score (nSPS) is 18.3. The van der Waals surface area contributed by atoms with E-state index in [1.807, 2.05) is 0 Å². The highest BCUT2D eigenvalue weighted by Gasteiger charge is 2.36. The Balaban J connectivity index is 1.41. The van der Waals surface area contributed by atoms with E-state index < -0.39 is 34.8 Å². The molecule has 0 spiro atoms. The molecule has 43 heavy (non-hydrogen) atoms. The standard InChI is InChI=1S/C29H28Cl2F2N2O7S/c30-22-14-34-15-23(31)21(22)13-25(19-8-9-24(42-29(32)33)26(12-19)40-17-18-6-7-18)41-28(36)27-16-35(10-11-39-27)43(37,38)20-4-2-1-3-5-20/h1-5,8-9,12,14-15,18,25,27,29H,6-7,10-11,13,16-17H2/t25-,27+/m0/s1. The number of carbonyl (C=O) groups is 1. The van der Waals surface area contributed by atoms with Crippen LogP contribution in [0.3, 0.4) is 0 Å². The van der Waals surface area contributed by atoms with Gasteiger partial charge in [0, 0.05) is 25.4 Å². The zero-order valence-electron chi connectivity index (χ0n) is 22.7. The highest BCUT2D eigenvalue weighted by molar-refractivity contribution is 7.89. The first-order valence-electron chi connectivity index (χ1n) is 13.5. The minimum absolute atomic E-state index is 0.0121. The lowest BCUT2D eigenvalue weighted by atomic mass is 10.0. The molecule has 0 N–H and O–H groups in total. The van der Waals surface area contributed by atoms with Crippen LogP contribution in [0.4, 0.5) is 8.78 Å². The third-order valence-electron chi connectivity index (χ3n) is 7.00. The van der Waals surface area contributed by atoms with E-state index >= 15 is 0 Å². The Bertz CT molecular complexity index is 1520. The van der Waals surface area contributed by atoms with E-state index in [9.17, 15) is 22.0 Å². The molecule has 2 fully saturated rings. The highest BCUT2D eigenvalue weighted by Crippen LogP contribution is 2.38. The number of rotatable bonds is 12. The molecule has 230 valence electrons. The van der Waals surface area contributed by atoms with Crippen molar-refractivity contribution in [3.05, 3.63) is 82.1 Å². The molecule has 3 aromatic rings. The maximum Gasteiger partial charge on any atom is 0.387 e. The third kappa shape index (κ3) is 7.93.